The summed E-state index contributed by atoms with van der Waals surface area (Å²) in [6.45, 7) is 1.31. The van der Waals surface area contributed by atoms with Crippen molar-refractivity contribution in [3.63, 3.8) is 0 Å². The maximum atomic E-state index is 5.51. The van der Waals surface area contributed by atoms with Gasteiger partial charge in [0.1, 0.15) is 5.69 Å². The van der Waals surface area contributed by atoms with E-state index in [0.717, 1.165) is 18.2 Å². The molecule has 1 aromatic heterocycles. The summed E-state index contributed by atoms with van der Waals surface area (Å²) >= 11 is 0. The average molecular weight is 228 g/mol. The molecule has 0 amide bonds. The van der Waals surface area contributed by atoms with Gasteiger partial charge in [-0.15, -0.1) is 5.10 Å². The number of nitrogens with zero attached hydrogens (tertiary/aromatic N) is 3. The molecule has 0 saturated heterocycles. The van der Waals surface area contributed by atoms with E-state index >= 15 is 0 Å². The second-order valence-corrected chi connectivity index (χ2v) is 4.52. The molecule has 0 bridgehead atoms. The molecule has 17 heavy (non-hydrogen) atoms. The fourth-order valence-electron chi connectivity index (χ4n) is 2.14. The Bertz CT molecular complexity index is 514. The molecular formula is C13H16N4. The summed E-state index contributed by atoms with van der Waals surface area (Å²) in [7, 11) is 0. The van der Waals surface area contributed by atoms with E-state index in [0.29, 0.717) is 6.54 Å². The molecule has 1 fully saturated rings. The molecule has 1 aromatic carbocycles. The van der Waals surface area contributed by atoms with Crippen molar-refractivity contribution in [1.82, 2.24) is 15.0 Å². The van der Waals surface area contributed by atoms with Crippen LogP contribution in [0, 0.1) is 0 Å². The third-order valence-electron chi connectivity index (χ3n) is 3.15. The SMILES string of the molecule is NCCn1cc(-c2ccccc2C2CC2)nn1. The summed E-state index contributed by atoms with van der Waals surface area (Å²) in [5.41, 5.74) is 9.10. The summed E-state index contributed by atoms with van der Waals surface area (Å²) in [5.74, 6) is 0.728. The molecule has 0 unspecified atom stereocenters. The summed E-state index contributed by atoms with van der Waals surface area (Å²) in [6, 6.07) is 8.49. The van der Waals surface area contributed by atoms with Crippen molar-refractivity contribution < 1.29 is 0 Å². The Balaban J connectivity index is 1.96. The Kier molecular flexibility index (Phi) is 2.65. The van der Waals surface area contributed by atoms with Gasteiger partial charge in [-0.2, -0.15) is 0 Å². The van der Waals surface area contributed by atoms with Gasteiger partial charge in [0, 0.05) is 12.1 Å². The Labute approximate surface area is 100 Å². The highest BCUT2D eigenvalue weighted by Gasteiger charge is 2.26. The summed E-state index contributed by atoms with van der Waals surface area (Å²) < 4.78 is 1.80. The molecule has 3 rings (SSSR count). The van der Waals surface area contributed by atoms with E-state index in [1.54, 1.807) is 4.68 Å². The van der Waals surface area contributed by atoms with Crippen molar-refractivity contribution >= 4 is 0 Å². The Morgan fingerprint density at radius 3 is 2.88 bits per heavy atom. The van der Waals surface area contributed by atoms with Gasteiger partial charge in [0.2, 0.25) is 0 Å². The number of aromatic nitrogens is 3. The molecule has 1 aliphatic rings. The van der Waals surface area contributed by atoms with Crippen LogP contribution in [-0.4, -0.2) is 21.5 Å². The molecule has 2 aromatic rings. The first-order valence-corrected chi connectivity index (χ1v) is 6.08. The largest absolute Gasteiger partial charge is 0.329 e. The van der Waals surface area contributed by atoms with Gasteiger partial charge >= 0.3 is 0 Å². The van der Waals surface area contributed by atoms with Crippen molar-refractivity contribution in [2.75, 3.05) is 6.54 Å². The Hall–Kier alpha value is -1.68. The summed E-state index contributed by atoms with van der Waals surface area (Å²) in [5, 5.41) is 8.32. The van der Waals surface area contributed by atoms with Gasteiger partial charge in [-0.3, -0.25) is 4.68 Å². The van der Waals surface area contributed by atoms with Gasteiger partial charge in [0.15, 0.2) is 0 Å². The van der Waals surface area contributed by atoms with Crippen LogP contribution >= 0.6 is 0 Å². The minimum Gasteiger partial charge on any atom is -0.329 e. The van der Waals surface area contributed by atoms with E-state index in [-0.39, 0.29) is 0 Å². The van der Waals surface area contributed by atoms with Crippen LogP contribution in [-0.2, 0) is 6.54 Å². The molecule has 4 nitrogen and oxygen atoms in total. The van der Waals surface area contributed by atoms with Crippen LogP contribution in [0.15, 0.2) is 30.5 Å². The maximum absolute atomic E-state index is 5.51. The molecule has 1 heterocycles. The van der Waals surface area contributed by atoms with Gasteiger partial charge in [-0.1, -0.05) is 29.5 Å². The predicted molar refractivity (Wildman–Crippen MR) is 66.5 cm³/mol. The number of benzene rings is 1. The maximum Gasteiger partial charge on any atom is 0.113 e. The van der Waals surface area contributed by atoms with Crippen LogP contribution in [0.1, 0.15) is 24.3 Å². The molecule has 0 aliphatic heterocycles. The minimum atomic E-state index is 0.590. The smallest absolute Gasteiger partial charge is 0.113 e. The van der Waals surface area contributed by atoms with Gasteiger partial charge in [-0.05, 0) is 24.3 Å². The van der Waals surface area contributed by atoms with Gasteiger partial charge < -0.3 is 5.73 Å². The first-order chi connectivity index (χ1) is 8.38. The predicted octanol–water partition coefficient (Wildman–Crippen LogP) is 1.78. The first-order valence-electron chi connectivity index (χ1n) is 6.08. The highest BCUT2D eigenvalue weighted by molar-refractivity contribution is 5.64. The van der Waals surface area contributed by atoms with Crippen molar-refractivity contribution in [2.45, 2.75) is 25.3 Å². The summed E-state index contributed by atoms with van der Waals surface area (Å²) in [4.78, 5) is 0. The standard InChI is InChI=1S/C13H16N4/c14-7-8-17-9-13(15-16-17)12-4-2-1-3-11(12)10-5-6-10/h1-4,9-10H,5-8,14H2. The van der Waals surface area contributed by atoms with E-state index in [1.165, 1.54) is 24.0 Å². The third-order valence-corrected chi connectivity index (χ3v) is 3.15. The zero-order chi connectivity index (χ0) is 11.7. The van der Waals surface area contributed by atoms with E-state index in [4.69, 9.17) is 5.73 Å². The highest BCUT2D eigenvalue weighted by atomic mass is 15.4. The molecule has 1 aliphatic carbocycles. The fraction of sp³-hybridized carbons (Fsp3) is 0.385. The normalized spacial score (nSPS) is 15.1. The number of hydrogen-bond donors (Lipinski definition) is 1. The van der Waals surface area contributed by atoms with E-state index < -0.39 is 0 Å². The third kappa shape index (κ3) is 2.08. The second kappa shape index (κ2) is 4.30. The quantitative estimate of drug-likeness (QED) is 0.867. The van der Waals surface area contributed by atoms with E-state index in [1.807, 2.05) is 6.20 Å². The Morgan fingerprint density at radius 2 is 2.12 bits per heavy atom. The molecule has 0 atom stereocenters. The fourth-order valence-corrected chi connectivity index (χ4v) is 2.14. The van der Waals surface area contributed by atoms with Gasteiger partial charge in [0.25, 0.3) is 0 Å². The lowest BCUT2D eigenvalue weighted by Crippen LogP contribution is -2.10. The van der Waals surface area contributed by atoms with Crippen molar-refractivity contribution in [1.29, 1.82) is 0 Å². The van der Waals surface area contributed by atoms with Crippen LogP contribution < -0.4 is 5.73 Å². The summed E-state index contributed by atoms with van der Waals surface area (Å²) in [6.07, 6.45) is 4.58. The zero-order valence-corrected chi connectivity index (χ0v) is 9.71. The van der Waals surface area contributed by atoms with Crippen LogP contribution in [0.5, 0.6) is 0 Å². The lowest BCUT2D eigenvalue weighted by molar-refractivity contribution is 0.598. The van der Waals surface area contributed by atoms with Crippen molar-refractivity contribution in [3.8, 4) is 11.3 Å². The van der Waals surface area contributed by atoms with E-state index in [9.17, 15) is 0 Å². The van der Waals surface area contributed by atoms with Crippen LogP contribution in [0.2, 0.25) is 0 Å². The molecule has 0 radical (unpaired) electrons. The van der Waals surface area contributed by atoms with Crippen LogP contribution in [0.4, 0.5) is 0 Å². The molecule has 4 heteroatoms. The first kappa shape index (κ1) is 10.5. The second-order valence-electron chi connectivity index (χ2n) is 4.52. The molecule has 88 valence electrons. The monoisotopic (exact) mass is 228 g/mol. The Morgan fingerprint density at radius 1 is 1.29 bits per heavy atom. The van der Waals surface area contributed by atoms with Crippen molar-refractivity contribution in [3.05, 3.63) is 36.0 Å². The van der Waals surface area contributed by atoms with Crippen LogP contribution in [0.25, 0.3) is 11.3 Å². The molecule has 1 saturated carbocycles. The topological polar surface area (TPSA) is 56.7 Å². The molecule has 0 spiro atoms. The van der Waals surface area contributed by atoms with Gasteiger partial charge in [-0.25, -0.2) is 0 Å². The average Bonchev–Trinajstić information content (AvgIpc) is 3.10. The van der Waals surface area contributed by atoms with Crippen molar-refractivity contribution in [2.24, 2.45) is 5.73 Å². The lowest BCUT2D eigenvalue weighted by Gasteiger charge is -2.04. The molecular weight excluding hydrogens is 212 g/mol. The van der Waals surface area contributed by atoms with Crippen LogP contribution in [0.3, 0.4) is 0 Å². The number of rotatable bonds is 4. The molecule has 2 N–H and O–H groups in total. The van der Waals surface area contributed by atoms with E-state index in [2.05, 4.69) is 34.6 Å². The zero-order valence-electron chi connectivity index (χ0n) is 9.71. The highest BCUT2D eigenvalue weighted by Crippen LogP contribution is 2.43. The minimum absolute atomic E-state index is 0.590. The van der Waals surface area contributed by atoms with Gasteiger partial charge in [0.05, 0.1) is 12.7 Å². The lowest BCUT2D eigenvalue weighted by atomic mass is 10.0. The number of hydrogen-bond acceptors (Lipinski definition) is 3. The number of nitrogens with two attached hydrogens (primary N) is 1.